The number of nitrogens with one attached hydrogen (secondary N) is 1. The first-order valence-electron chi connectivity index (χ1n) is 8.32. The highest BCUT2D eigenvalue weighted by Crippen LogP contribution is 2.31. The summed E-state index contributed by atoms with van der Waals surface area (Å²) in [4.78, 5) is 22.2. The van der Waals surface area contributed by atoms with Gasteiger partial charge in [-0.3, -0.25) is 14.5 Å². The molecule has 136 valence electrons. The van der Waals surface area contributed by atoms with Crippen LogP contribution in [0, 0.1) is 13.8 Å². The first-order valence-corrected chi connectivity index (χ1v) is 9.13. The largest absolute Gasteiger partial charge is 0.459 e. The molecule has 0 aliphatic carbocycles. The Balaban J connectivity index is 1.63. The molecular weight excluding hydrogens is 362 g/mol. The summed E-state index contributed by atoms with van der Waals surface area (Å²) in [6.45, 7) is 3.69. The Bertz CT molecular complexity index is 1110. The van der Waals surface area contributed by atoms with E-state index in [0.29, 0.717) is 38.4 Å². The van der Waals surface area contributed by atoms with Gasteiger partial charge in [-0.1, -0.05) is 6.07 Å². The number of pyridine rings is 1. The molecule has 4 rings (SSSR count). The van der Waals surface area contributed by atoms with Crippen LogP contribution in [0.3, 0.4) is 0 Å². The van der Waals surface area contributed by atoms with E-state index >= 15 is 0 Å². The van der Waals surface area contributed by atoms with Crippen molar-refractivity contribution in [2.45, 2.75) is 13.8 Å². The fourth-order valence-electron chi connectivity index (χ4n) is 2.71. The van der Waals surface area contributed by atoms with Gasteiger partial charge < -0.3 is 9.73 Å². The molecule has 0 bridgehead atoms. The van der Waals surface area contributed by atoms with Gasteiger partial charge >= 0.3 is 0 Å². The number of aryl methyl sites for hydroxylation is 3. The molecule has 0 unspecified atom stereocenters. The first kappa shape index (κ1) is 17.2. The van der Waals surface area contributed by atoms with E-state index in [-0.39, 0.29) is 5.91 Å². The normalized spacial score (nSPS) is 10.9. The van der Waals surface area contributed by atoms with Crippen LogP contribution in [0.1, 0.15) is 21.1 Å². The monoisotopic (exact) mass is 379 g/mol. The van der Waals surface area contributed by atoms with Gasteiger partial charge in [0.2, 0.25) is 0 Å². The summed E-state index contributed by atoms with van der Waals surface area (Å²) in [5.41, 5.74) is 2.57. The second kappa shape index (κ2) is 6.81. The van der Waals surface area contributed by atoms with E-state index in [2.05, 4.69) is 20.4 Å². The molecule has 0 aromatic carbocycles. The highest BCUT2D eigenvalue weighted by atomic mass is 32.1. The number of aromatic nitrogens is 4. The van der Waals surface area contributed by atoms with E-state index in [0.717, 1.165) is 5.76 Å². The van der Waals surface area contributed by atoms with E-state index in [4.69, 9.17) is 4.42 Å². The van der Waals surface area contributed by atoms with Gasteiger partial charge in [-0.15, -0.1) is 11.3 Å². The number of carbonyl (C=O) groups excluding carboxylic acids is 1. The molecule has 4 heterocycles. The topological polar surface area (TPSA) is 85.8 Å². The lowest BCUT2D eigenvalue weighted by Gasteiger charge is -2.04. The van der Waals surface area contributed by atoms with E-state index < -0.39 is 0 Å². The summed E-state index contributed by atoms with van der Waals surface area (Å²) in [7, 11) is 1.80. The van der Waals surface area contributed by atoms with Crippen molar-refractivity contribution in [3.63, 3.8) is 0 Å². The van der Waals surface area contributed by atoms with Crippen LogP contribution in [0.15, 0.2) is 47.1 Å². The Labute approximate surface area is 159 Å². The third-order valence-corrected chi connectivity index (χ3v) is 5.11. The second-order valence-electron chi connectivity index (χ2n) is 6.08. The van der Waals surface area contributed by atoms with Gasteiger partial charge in [-0.05, 0) is 38.1 Å². The van der Waals surface area contributed by atoms with Crippen molar-refractivity contribution in [2.75, 3.05) is 5.32 Å². The van der Waals surface area contributed by atoms with Crippen molar-refractivity contribution >= 4 is 22.9 Å². The van der Waals surface area contributed by atoms with Crippen LogP contribution in [-0.2, 0) is 7.05 Å². The molecule has 27 heavy (non-hydrogen) atoms. The molecule has 4 aromatic rings. The Kier molecular flexibility index (Phi) is 4.33. The number of thiazole rings is 1. The summed E-state index contributed by atoms with van der Waals surface area (Å²) in [6.07, 6.45) is 3.45. The number of hydrogen-bond acceptors (Lipinski definition) is 6. The standard InChI is InChI=1S/C19H17N5O2S/c1-11-7-8-15(26-11)19-21-12(2)17(27-19)18(25)22-14-10-24(3)23-16(14)13-6-4-5-9-20-13/h4-10H,1-3H3,(H,22,25). The number of amides is 1. The number of nitrogens with zero attached hydrogens (tertiary/aromatic N) is 4. The molecule has 0 radical (unpaired) electrons. The Morgan fingerprint density at radius 1 is 1.22 bits per heavy atom. The number of rotatable bonds is 4. The van der Waals surface area contributed by atoms with Crippen LogP contribution in [0.2, 0.25) is 0 Å². The van der Waals surface area contributed by atoms with Gasteiger partial charge in [-0.2, -0.15) is 5.10 Å². The summed E-state index contributed by atoms with van der Waals surface area (Å²) < 4.78 is 7.26. The SMILES string of the molecule is Cc1ccc(-c2nc(C)c(C(=O)Nc3cn(C)nc3-c3ccccn3)s2)o1. The van der Waals surface area contributed by atoms with Crippen LogP contribution in [0.5, 0.6) is 0 Å². The zero-order chi connectivity index (χ0) is 19.0. The van der Waals surface area contributed by atoms with Crippen molar-refractivity contribution in [2.24, 2.45) is 7.05 Å². The average Bonchev–Trinajstić information content (AvgIpc) is 3.34. The minimum Gasteiger partial charge on any atom is -0.459 e. The third-order valence-electron chi connectivity index (χ3n) is 3.94. The number of anilines is 1. The number of furan rings is 1. The average molecular weight is 379 g/mol. The van der Waals surface area contributed by atoms with Crippen molar-refractivity contribution < 1.29 is 9.21 Å². The Morgan fingerprint density at radius 2 is 2.07 bits per heavy atom. The molecule has 0 saturated carbocycles. The predicted molar refractivity (Wildman–Crippen MR) is 104 cm³/mol. The first-order chi connectivity index (χ1) is 13.0. The molecule has 0 fully saturated rings. The van der Waals surface area contributed by atoms with Crippen LogP contribution < -0.4 is 5.32 Å². The third kappa shape index (κ3) is 3.39. The Morgan fingerprint density at radius 3 is 2.78 bits per heavy atom. The molecule has 1 amide bonds. The smallest absolute Gasteiger partial charge is 0.267 e. The number of hydrogen-bond donors (Lipinski definition) is 1. The minimum absolute atomic E-state index is 0.232. The van der Waals surface area contributed by atoms with Gasteiger partial charge in [0.05, 0.1) is 17.1 Å². The highest BCUT2D eigenvalue weighted by Gasteiger charge is 2.20. The summed E-state index contributed by atoms with van der Waals surface area (Å²) in [6, 6.07) is 9.31. The minimum atomic E-state index is -0.232. The van der Waals surface area contributed by atoms with Crippen molar-refractivity contribution in [1.82, 2.24) is 19.7 Å². The maximum absolute atomic E-state index is 12.8. The maximum atomic E-state index is 12.8. The molecule has 0 spiro atoms. The highest BCUT2D eigenvalue weighted by molar-refractivity contribution is 7.17. The second-order valence-corrected chi connectivity index (χ2v) is 7.08. The fourth-order valence-corrected chi connectivity index (χ4v) is 3.64. The molecule has 1 N–H and O–H groups in total. The molecule has 0 saturated heterocycles. The summed E-state index contributed by atoms with van der Waals surface area (Å²) in [5, 5.41) is 8.03. The van der Waals surface area contributed by atoms with Crippen LogP contribution in [0.25, 0.3) is 22.2 Å². The van der Waals surface area contributed by atoms with Crippen molar-refractivity contribution in [1.29, 1.82) is 0 Å². The lowest BCUT2D eigenvalue weighted by atomic mass is 10.2. The van der Waals surface area contributed by atoms with Gasteiger partial charge in [0.15, 0.2) is 10.8 Å². The predicted octanol–water partition coefficient (Wildman–Crippen LogP) is 4.07. The zero-order valence-corrected chi connectivity index (χ0v) is 15.9. The zero-order valence-electron chi connectivity index (χ0n) is 15.1. The summed E-state index contributed by atoms with van der Waals surface area (Å²) in [5.74, 6) is 1.24. The molecule has 7 nitrogen and oxygen atoms in total. The van der Waals surface area contributed by atoms with E-state index in [1.165, 1.54) is 11.3 Å². The van der Waals surface area contributed by atoms with E-state index in [9.17, 15) is 4.79 Å². The molecule has 0 aliphatic rings. The van der Waals surface area contributed by atoms with Crippen LogP contribution in [-0.4, -0.2) is 25.7 Å². The van der Waals surface area contributed by atoms with Crippen molar-refractivity contribution in [3.8, 4) is 22.2 Å². The van der Waals surface area contributed by atoms with Crippen molar-refractivity contribution in [3.05, 3.63) is 59.1 Å². The molecule has 8 heteroatoms. The van der Waals surface area contributed by atoms with Crippen LogP contribution >= 0.6 is 11.3 Å². The number of carbonyl (C=O) groups is 1. The molecule has 4 aromatic heterocycles. The fraction of sp³-hybridized carbons (Fsp3) is 0.158. The van der Waals surface area contributed by atoms with Crippen LogP contribution in [0.4, 0.5) is 5.69 Å². The van der Waals surface area contributed by atoms with Gasteiger partial charge in [-0.25, -0.2) is 4.98 Å². The lowest BCUT2D eigenvalue weighted by molar-refractivity contribution is 0.103. The quantitative estimate of drug-likeness (QED) is 0.578. The van der Waals surface area contributed by atoms with E-state index in [1.807, 2.05) is 44.2 Å². The molecular formula is C19H17N5O2S. The summed E-state index contributed by atoms with van der Waals surface area (Å²) >= 11 is 1.30. The van der Waals surface area contributed by atoms with E-state index in [1.54, 1.807) is 24.1 Å². The van der Waals surface area contributed by atoms with Gasteiger partial charge in [0, 0.05) is 19.4 Å². The van der Waals surface area contributed by atoms with Gasteiger partial charge in [0.25, 0.3) is 5.91 Å². The Hall–Kier alpha value is -3.26. The lowest BCUT2D eigenvalue weighted by Crippen LogP contribution is -2.11. The maximum Gasteiger partial charge on any atom is 0.267 e. The molecule has 0 aliphatic heterocycles. The molecule has 0 atom stereocenters. The van der Waals surface area contributed by atoms with Gasteiger partial charge in [0.1, 0.15) is 16.3 Å².